The van der Waals surface area contributed by atoms with Gasteiger partial charge in [0.2, 0.25) is 0 Å². The molecule has 1 rings (SSSR count). The number of nitrogens with two attached hydrogens (primary N) is 1. The third-order valence-corrected chi connectivity index (χ3v) is 4.64. The minimum absolute atomic E-state index is 0.00625. The van der Waals surface area contributed by atoms with Gasteiger partial charge < -0.3 is 10.5 Å². The van der Waals surface area contributed by atoms with Gasteiger partial charge in [-0.15, -0.1) is 0 Å². The summed E-state index contributed by atoms with van der Waals surface area (Å²) in [5, 5.41) is 0. The molecule has 1 fully saturated rings. The molecule has 2 N–H and O–H groups in total. The highest BCUT2D eigenvalue weighted by Crippen LogP contribution is 2.12. The average Bonchev–Trinajstić information content (AvgIpc) is 2.16. The molecule has 6 heteroatoms. The molecule has 0 amide bonds. The van der Waals surface area contributed by atoms with E-state index in [9.17, 15) is 8.42 Å². The number of sulfone groups is 1. The topological polar surface area (TPSA) is 72.6 Å². The highest BCUT2D eigenvalue weighted by molar-refractivity contribution is 7.91. The van der Waals surface area contributed by atoms with Crippen LogP contribution in [0.3, 0.4) is 0 Å². The summed E-state index contributed by atoms with van der Waals surface area (Å²) in [7, 11) is -1.20. The molecule has 0 bridgehead atoms. The largest absolute Gasteiger partial charge is 0.379 e. The molecule has 90 valence electrons. The van der Waals surface area contributed by atoms with Gasteiger partial charge in [-0.1, -0.05) is 0 Å². The smallest absolute Gasteiger partial charge is 0.153 e. The zero-order valence-electron chi connectivity index (χ0n) is 9.35. The Morgan fingerprint density at radius 1 is 1.60 bits per heavy atom. The first-order valence-electron chi connectivity index (χ1n) is 5.16. The lowest BCUT2D eigenvalue weighted by atomic mass is 10.2. The predicted octanol–water partition coefficient (Wildman–Crippen LogP) is -0.921. The fraction of sp³-hybridized carbons (Fsp3) is 1.00. The standard InChI is InChI=1S/C9H20N2O3S/c1-8-7-15(12,13)4-3-11(8)6-9(5-10)14-2/h8-9H,3-7,10H2,1-2H3. The molecule has 2 unspecified atom stereocenters. The second-order valence-electron chi connectivity index (χ2n) is 4.05. The summed E-state index contributed by atoms with van der Waals surface area (Å²) in [6, 6.07) is 0.0629. The van der Waals surface area contributed by atoms with Crippen molar-refractivity contribution < 1.29 is 13.2 Å². The highest BCUT2D eigenvalue weighted by Gasteiger charge is 2.29. The number of hydrogen-bond donors (Lipinski definition) is 1. The van der Waals surface area contributed by atoms with Crippen molar-refractivity contribution in [2.45, 2.75) is 19.1 Å². The van der Waals surface area contributed by atoms with Crippen molar-refractivity contribution in [1.29, 1.82) is 0 Å². The molecule has 1 aliphatic heterocycles. The second kappa shape index (κ2) is 5.25. The molecule has 15 heavy (non-hydrogen) atoms. The maximum absolute atomic E-state index is 11.3. The van der Waals surface area contributed by atoms with Gasteiger partial charge in [0.25, 0.3) is 0 Å². The first-order valence-corrected chi connectivity index (χ1v) is 6.98. The molecule has 2 atom stereocenters. The van der Waals surface area contributed by atoms with Gasteiger partial charge in [0.15, 0.2) is 9.84 Å². The summed E-state index contributed by atoms with van der Waals surface area (Å²) in [5.41, 5.74) is 5.53. The van der Waals surface area contributed by atoms with Crippen LogP contribution in [-0.2, 0) is 14.6 Å². The summed E-state index contributed by atoms with van der Waals surface area (Å²) in [4.78, 5) is 2.13. The summed E-state index contributed by atoms with van der Waals surface area (Å²) < 4.78 is 27.9. The zero-order valence-corrected chi connectivity index (χ0v) is 10.2. The van der Waals surface area contributed by atoms with E-state index in [1.165, 1.54) is 0 Å². The molecule has 0 aromatic rings. The summed E-state index contributed by atoms with van der Waals surface area (Å²) in [6.07, 6.45) is -0.00625. The van der Waals surface area contributed by atoms with E-state index in [1.807, 2.05) is 6.92 Å². The van der Waals surface area contributed by atoms with E-state index in [2.05, 4.69) is 4.90 Å². The van der Waals surface area contributed by atoms with Gasteiger partial charge in [0.05, 0.1) is 17.6 Å². The normalized spacial score (nSPS) is 28.9. The Labute approximate surface area is 91.5 Å². The van der Waals surface area contributed by atoms with Crippen LogP contribution in [0.4, 0.5) is 0 Å². The van der Waals surface area contributed by atoms with Crippen LogP contribution in [0.1, 0.15) is 6.92 Å². The Hall–Kier alpha value is -0.170. The van der Waals surface area contributed by atoms with E-state index in [0.717, 1.165) is 0 Å². The molecule has 0 spiro atoms. The van der Waals surface area contributed by atoms with Crippen molar-refractivity contribution >= 4 is 9.84 Å². The Morgan fingerprint density at radius 3 is 2.73 bits per heavy atom. The van der Waals surface area contributed by atoms with Crippen LogP contribution in [0.25, 0.3) is 0 Å². The van der Waals surface area contributed by atoms with Gasteiger partial charge in [-0.2, -0.15) is 0 Å². The number of nitrogens with zero attached hydrogens (tertiary/aromatic N) is 1. The second-order valence-corrected chi connectivity index (χ2v) is 6.28. The minimum Gasteiger partial charge on any atom is -0.379 e. The van der Waals surface area contributed by atoms with Crippen LogP contribution in [-0.4, -0.2) is 63.7 Å². The van der Waals surface area contributed by atoms with Crippen LogP contribution in [0.2, 0.25) is 0 Å². The van der Waals surface area contributed by atoms with Crippen LogP contribution >= 0.6 is 0 Å². The Bertz CT molecular complexity index is 288. The molecule has 0 saturated carbocycles. The SMILES string of the molecule is COC(CN)CN1CCS(=O)(=O)CC1C. The van der Waals surface area contributed by atoms with Crippen LogP contribution < -0.4 is 5.73 Å². The van der Waals surface area contributed by atoms with E-state index < -0.39 is 9.84 Å². The van der Waals surface area contributed by atoms with Gasteiger partial charge in [-0.3, -0.25) is 4.90 Å². The predicted molar refractivity (Wildman–Crippen MR) is 59.5 cm³/mol. The minimum atomic E-state index is -2.83. The van der Waals surface area contributed by atoms with Gasteiger partial charge in [-0.25, -0.2) is 8.42 Å². The third kappa shape index (κ3) is 3.71. The van der Waals surface area contributed by atoms with Crippen molar-refractivity contribution in [2.75, 3.05) is 38.2 Å². The highest BCUT2D eigenvalue weighted by atomic mass is 32.2. The fourth-order valence-electron chi connectivity index (χ4n) is 1.81. The maximum Gasteiger partial charge on any atom is 0.153 e. The van der Waals surface area contributed by atoms with E-state index in [-0.39, 0.29) is 23.7 Å². The lowest BCUT2D eigenvalue weighted by Crippen LogP contribution is -2.50. The molecule has 0 radical (unpaired) electrons. The van der Waals surface area contributed by atoms with Gasteiger partial charge in [0.1, 0.15) is 0 Å². The summed E-state index contributed by atoms with van der Waals surface area (Å²) >= 11 is 0. The monoisotopic (exact) mass is 236 g/mol. The number of rotatable bonds is 4. The van der Waals surface area contributed by atoms with Gasteiger partial charge in [0, 0.05) is 32.8 Å². The molecular formula is C9H20N2O3S. The summed E-state index contributed by atoms with van der Waals surface area (Å²) in [5.74, 6) is 0.492. The van der Waals surface area contributed by atoms with Crippen LogP contribution in [0, 0.1) is 0 Å². The molecule has 5 nitrogen and oxygen atoms in total. The molecule has 0 aromatic carbocycles. The average molecular weight is 236 g/mol. The lowest BCUT2D eigenvalue weighted by molar-refractivity contribution is 0.0603. The first kappa shape index (κ1) is 12.9. The van der Waals surface area contributed by atoms with Crippen molar-refractivity contribution in [1.82, 2.24) is 4.90 Å². The Kier molecular flexibility index (Phi) is 4.51. The number of methoxy groups -OCH3 is 1. The van der Waals surface area contributed by atoms with E-state index in [4.69, 9.17) is 10.5 Å². The fourth-order valence-corrected chi connectivity index (χ4v) is 3.44. The van der Waals surface area contributed by atoms with E-state index >= 15 is 0 Å². The molecule has 1 aliphatic rings. The first-order chi connectivity index (χ1) is 6.98. The summed E-state index contributed by atoms with van der Waals surface area (Å²) in [6.45, 7) is 3.69. The van der Waals surface area contributed by atoms with Gasteiger partial charge in [-0.05, 0) is 6.92 Å². The maximum atomic E-state index is 11.3. The molecule has 1 saturated heterocycles. The third-order valence-electron chi connectivity index (χ3n) is 2.84. The van der Waals surface area contributed by atoms with Crippen molar-refractivity contribution in [3.63, 3.8) is 0 Å². The quantitative estimate of drug-likeness (QED) is 0.683. The number of ether oxygens (including phenoxy) is 1. The molecule has 1 heterocycles. The van der Waals surface area contributed by atoms with Crippen LogP contribution in [0.5, 0.6) is 0 Å². The Morgan fingerprint density at radius 2 is 2.27 bits per heavy atom. The molecule has 0 aromatic heterocycles. The van der Waals surface area contributed by atoms with Gasteiger partial charge >= 0.3 is 0 Å². The zero-order chi connectivity index (χ0) is 11.5. The van der Waals surface area contributed by atoms with E-state index in [1.54, 1.807) is 7.11 Å². The van der Waals surface area contributed by atoms with Crippen LogP contribution in [0.15, 0.2) is 0 Å². The van der Waals surface area contributed by atoms with Crippen molar-refractivity contribution in [3.8, 4) is 0 Å². The van der Waals surface area contributed by atoms with E-state index in [0.29, 0.717) is 19.6 Å². The molecule has 0 aliphatic carbocycles. The molecular weight excluding hydrogens is 216 g/mol. The Balaban J connectivity index is 2.51. The van der Waals surface area contributed by atoms with Crippen molar-refractivity contribution in [3.05, 3.63) is 0 Å². The van der Waals surface area contributed by atoms with Crippen molar-refractivity contribution in [2.24, 2.45) is 5.73 Å². The number of hydrogen-bond acceptors (Lipinski definition) is 5. The lowest BCUT2D eigenvalue weighted by Gasteiger charge is -2.34.